The highest BCUT2D eigenvalue weighted by molar-refractivity contribution is 6.36. The number of rotatable bonds is 6. The van der Waals surface area contributed by atoms with Crippen molar-refractivity contribution in [1.29, 1.82) is 0 Å². The van der Waals surface area contributed by atoms with Crippen molar-refractivity contribution in [3.05, 3.63) is 33.8 Å². The Hall–Kier alpha value is -0.730. The summed E-state index contributed by atoms with van der Waals surface area (Å²) in [5, 5.41) is 4.12. The largest absolute Gasteiger partial charge is 0.356 e. The van der Waals surface area contributed by atoms with E-state index in [4.69, 9.17) is 23.2 Å². The minimum atomic E-state index is 0.0504. The van der Waals surface area contributed by atoms with Crippen molar-refractivity contribution in [1.82, 2.24) is 5.32 Å². The Kier molecular flexibility index (Phi) is 6.38. The SMILES string of the molecule is CCCCNC(=O)CCc1c(Cl)cccc1Cl. The minimum Gasteiger partial charge on any atom is -0.356 e. The fourth-order valence-electron chi connectivity index (χ4n) is 1.50. The van der Waals surface area contributed by atoms with E-state index in [9.17, 15) is 4.79 Å². The van der Waals surface area contributed by atoms with Gasteiger partial charge in [-0.3, -0.25) is 4.79 Å². The molecule has 0 aliphatic heterocycles. The van der Waals surface area contributed by atoms with Crippen molar-refractivity contribution < 1.29 is 4.79 Å². The molecule has 0 atom stereocenters. The fourth-order valence-corrected chi connectivity index (χ4v) is 2.09. The van der Waals surface area contributed by atoms with Crippen molar-refractivity contribution in [2.24, 2.45) is 0 Å². The van der Waals surface area contributed by atoms with Gasteiger partial charge in [-0.05, 0) is 30.5 Å². The zero-order chi connectivity index (χ0) is 12.7. The number of amides is 1. The van der Waals surface area contributed by atoms with Gasteiger partial charge in [-0.2, -0.15) is 0 Å². The van der Waals surface area contributed by atoms with Crippen molar-refractivity contribution in [2.75, 3.05) is 6.54 Å². The number of unbranched alkanes of at least 4 members (excludes halogenated alkanes) is 1. The molecule has 1 rings (SSSR count). The molecule has 17 heavy (non-hydrogen) atoms. The molecular weight excluding hydrogens is 257 g/mol. The Morgan fingerprint density at radius 1 is 1.29 bits per heavy atom. The molecule has 1 aromatic rings. The maximum atomic E-state index is 11.5. The smallest absolute Gasteiger partial charge is 0.220 e. The van der Waals surface area contributed by atoms with Gasteiger partial charge in [-0.1, -0.05) is 42.6 Å². The molecule has 4 heteroatoms. The van der Waals surface area contributed by atoms with Crippen molar-refractivity contribution in [2.45, 2.75) is 32.6 Å². The number of nitrogens with one attached hydrogen (secondary N) is 1. The Bertz CT molecular complexity index is 359. The van der Waals surface area contributed by atoms with Gasteiger partial charge in [0.05, 0.1) is 0 Å². The van der Waals surface area contributed by atoms with Crippen molar-refractivity contribution in [3.8, 4) is 0 Å². The molecule has 0 saturated heterocycles. The third-order valence-corrected chi connectivity index (χ3v) is 3.22. The molecule has 0 bridgehead atoms. The van der Waals surface area contributed by atoms with Gasteiger partial charge in [0.15, 0.2) is 0 Å². The summed E-state index contributed by atoms with van der Waals surface area (Å²) < 4.78 is 0. The van der Waals surface area contributed by atoms with Crippen LogP contribution < -0.4 is 5.32 Å². The lowest BCUT2D eigenvalue weighted by molar-refractivity contribution is -0.121. The average molecular weight is 274 g/mol. The van der Waals surface area contributed by atoms with Gasteiger partial charge >= 0.3 is 0 Å². The van der Waals surface area contributed by atoms with Crippen molar-refractivity contribution >= 4 is 29.1 Å². The second kappa shape index (κ2) is 7.57. The molecule has 1 aromatic carbocycles. The summed E-state index contributed by atoms with van der Waals surface area (Å²) in [4.78, 5) is 11.5. The molecule has 0 spiro atoms. The highest BCUT2D eigenvalue weighted by Gasteiger charge is 2.08. The van der Waals surface area contributed by atoms with Crippen LogP contribution in [0.25, 0.3) is 0 Å². The summed E-state index contributed by atoms with van der Waals surface area (Å²) in [7, 11) is 0. The highest BCUT2D eigenvalue weighted by Crippen LogP contribution is 2.25. The summed E-state index contributed by atoms with van der Waals surface area (Å²) in [5.74, 6) is 0.0504. The monoisotopic (exact) mass is 273 g/mol. The van der Waals surface area contributed by atoms with Gasteiger partial charge in [0.2, 0.25) is 5.91 Å². The van der Waals surface area contributed by atoms with Crippen LogP contribution >= 0.6 is 23.2 Å². The number of carbonyl (C=O) groups excluding carboxylic acids is 1. The zero-order valence-electron chi connectivity index (χ0n) is 9.93. The van der Waals surface area contributed by atoms with E-state index in [-0.39, 0.29) is 5.91 Å². The van der Waals surface area contributed by atoms with E-state index in [1.165, 1.54) is 0 Å². The molecule has 0 aliphatic carbocycles. The molecular formula is C13H17Cl2NO. The van der Waals surface area contributed by atoms with E-state index >= 15 is 0 Å². The van der Waals surface area contributed by atoms with Gasteiger partial charge < -0.3 is 5.32 Å². The molecule has 0 fully saturated rings. The van der Waals surface area contributed by atoms with Crippen LogP contribution in [0.5, 0.6) is 0 Å². The van der Waals surface area contributed by atoms with Crippen LogP contribution in [0, 0.1) is 0 Å². The number of halogens is 2. The third kappa shape index (κ3) is 4.97. The number of hydrogen-bond acceptors (Lipinski definition) is 1. The van der Waals surface area contributed by atoms with Crippen LogP contribution in [0.1, 0.15) is 31.7 Å². The van der Waals surface area contributed by atoms with Crippen LogP contribution in [0.2, 0.25) is 10.0 Å². The van der Waals surface area contributed by atoms with Crippen LogP contribution in [0.15, 0.2) is 18.2 Å². The first-order valence-corrected chi connectivity index (χ1v) is 6.60. The second-order valence-electron chi connectivity index (χ2n) is 3.90. The predicted molar refractivity (Wildman–Crippen MR) is 72.7 cm³/mol. The molecule has 0 unspecified atom stereocenters. The number of hydrogen-bond donors (Lipinski definition) is 1. The molecule has 1 N–H and O–H groups in total. The van der Waals surface area contributed by atoms with Gasteiger partial charge in [-0.25, -0.2) is 0 Å². The minimum absolute atomic E-state index is 0.0504. The first-order chi connectivity index (χ1) is 8.15. The maximum Gasteiger partial charge on any atom is 0.220 e. The van der Waals surface area contributed by atoms with E-state index in [0.29, 0.717) is 22.9 Å². The zero-order valence-corrected chi connectivity index (χ0v) is 11.4. The van der Waals surface area contributed by atoms with E-state index in [0.717, 1.165) is 24.9 Å². The molecule has 94 valence electrons. The molecule has 1 amide bonds. The Morgan fingerprint density at radius 3 is 2.53 bits per heavy atom. The molecule has 0 aliphatic rings. The summed E-state index contributed by atoms with van der Waals surface area (Å²) in [6, 6.07) is 5.38. The average Bonchev–Trinajstić information content (AvgIpc) is 2.29. The second-order valence-corrected chi connectivity index (χ2v) is 4.72. The lowest BCUT2D eigenvalue weighted by atomic mass is 10.1. The fraction of sp³-hybridized carbons (Fsp3) is 0.462. The normalized spacial score (nSPS) is 10.3. The van der Waals surface area contributed by atoms with Gasteiger partial charge in [-0.15, -0.1) is 0 Å². The number of benzene rings is 1. The van der Waals surface area contributed by atoms with E-state index in [2.05, 4.69) is 12.2 Å². The molecule has 0 aromatic heterocycles. The van der Waals surface area contributed by atoms with E-state index in [1.54, 1.807) is 18.2 Å². The van der Waals surface area contributed by atoms with Crippen LogP contribution in [0.3, 0.4) is 0 Å². The first-order valence-electron chi connectivity index (χ1n) is 5.84. The Morgan fingerprint density at radius 2 is 1.94 bits per heavy atom. The van der Waals surface area contributed by atoms with Gasteiger partial charge in [0, 0.05) is 23.0 Å². The highest BCUT2D eigenvalue weighted by atomic mass is 35.5. The molecule has 0 radical (unpaired) electrons. The van der Waals surface area contributed by atoms with Crippen LogP contribution in [-0.2, 0) is 11.2 Å². The van der Waals surface area contributed by atoms with Crippen LogP contribution in [0.4, 0.5) is 0 Å². The Balaban J connectivity index is 2.42. The third-order valence-electron chi connectivity index (χ3n) is 2.52. The maximum absolute atomic E-state index is 11.5. The summed E-state index contributed by atoms with van der Waals surface area (Å²) >= 11 is 12.0. The van der Waals surface area contributed by atoms with Gasteiger partial charge in [0.1, 0.15) is 0 Å². The lowest BCUT2D eigenvalue weighted by Gasteiger charge is -2.07. The quantitative estimate of drug-likeness (QED) is 0.784. The first kappa shape index (κ1) is 14.3. The predicted octanol–water partition coefficient (Wildman–Crippen LogP) is 3.84. The van der Waals surface area contributed by atoms with Crippen molar-refractivity contribution in [3.63, 3.8) is 0 Å². The Labute approximate surface area is 112 Å². The van der Waals surface area contributed by atoms with E-state index < -0.39 is 0 Å². The number of carbonyl (C=O) groups is 1. The molecule has 2 nitrogen and oxygen atoms in total. The van der Waals surface area contributed by atoms with Gasteiger partial charge in [0.25, 0.3) is 0 Å². The van der Waals surface area contributed by atoms with Crippen LogP contribution in [-0.4, -0.2) is 12.5 Å². The topological polar surface area (TPSA) is 29.1 Å². The lowest BCUT2D eigenvalue weighted by Crippen LogP contribution is -2.24. The summed E-state index contributed by atoms with van der Waals surface area (Å²) in [5.41, 5.74) is 0.849. The summed E-state index contributed by atoms with van der Waals surface area (Å²) in [6.07, 6.45) is 3.10. The molecule has 0 heterocycles. The molecule has 0 saturated carbocycles. The van der Waals surface area contributed by atoms with E-state index in [1.807, 2.05) is 0 Å². The standard InChI is InChI=1S/C13H17Cl2NO/c1-2-3-9-16-13(17)8-7-10-11(14)5-4-6-12(10)15/h4-6H,2-3,7-9H2,1H3,(H,16,17). The summed E-state index contributed by atoms with van der Waals surface area (Å²) in [6.45, 7) is 2.83.